The van der Waals surface area contributed by atoms with Gasteiger partial charge in [0.05, 0.1) is 11.7 Å². The van der Waals surface area contributed by atoms with Gasteiger partial charge in [-0.2, -0.15) is 0 Å². The minimum atomic E-state index is -0.0796. The molecule has 2 N–H and O–H groups in total. The van der Waals surface area contributed by atoms with E-state index in [-0.39, 0.29) is 11.9 Å². The van der Waals surface area contributed by atoms with E-state index in [1.54, 1.807) is 6.20 Å². The molecule has 19 heavy (non-hydrogen) atoms. The van der Waals surface area contributed by atoms with Crippen molar-refractivity contribution in [3.63, 3.8) is 0 Å². The molecular formula is C14H18ClN3O. The molecule has 1 aliphatic heterocycles. The van der Waals surface area contributed by atoms with Gasteiger partial charge in [0.15, 0.2) is 5.15 Å². The Kier molecular flexibility index (Phi) is 3.46. The topological polar surface area (TPSA) is 54.0 Å². The van der Waals surface area contributed by atoms with Gasteiger partial charge in [-0.25, -0.2) is 4.98 Å². The Balaban J connectivity index is 1.73. The number of hydrogen-bond donors (Lipinski definition) is 2. The zero-order chi connectivity index (χ0) is 13.4. The molecule has 0 aromatic carbocycles. The van der Waals surface area contributed by atoms with Crippen molar-refractivity contribution in [3.8, 4) is 0 Å². The first-order valence-electron chi connectivity index (χ1n) is 6.81. The van der Waals surface area contributed by atoms with Crippen molar-refractivity contribution in [2.75, 3.05) is 11.9 Å². The maximum absolute atomic E-state index is 12.4. The zero-order valence-corrected chi connectivity index (χ0v) is 11.7. The van der Waals surface area contributed by atoms with Gasteiger partial charge in [0, 0.05) is 6.20 Å². The summed E-state index contributed by atoms with van der Waals surface area (Å²) in [5, 5.41) is 6.59. The summed E-state index contributed by atoms with van der Waals surface area (Å²) in [5.41, 5.74) is 1.59. The van der Waals surface area contributed by atoms with Crippen LogP contribution in [-0.4, -0.2) is 23.5 Å². The largest absolute Gasteiger partial charge is 0.322 e. The van der Waals surface area contributed by atoms with Gasteiger partial charge >= 0.3 is 0 Å². The van der Waals surface area contributed by atoms with Gasteiger partial charge in [0.25, 0.3) is 0 Å². The molecule has 102 valence electrons. The van der Waals surface area contributed by atoms with Crippen molar-refractivity contribution in [2.24, 2.45) is 11.8 Å². The Bertz CT molecular complexity index is 505. The third kappa shape index (κ3) is 2.47. The second-order valence-electron chi connectivity index (χ2n) is 5.58. The number of hydrogen-bond acceptors (Lipinski definition) is 3. The Hall–Kier alpha value is -1.13. The molecule has 1 saturated heterocycles. The second-order valence-corrected chi connectivity index (χ2v) is 5.94. The number of aromatic nitrogens is 1. The van der Waals surface area contributed by atoms with Crippen LogP contribution in [0.3, 0.4) is 0 Å². The first-order chi connectivity index (χ1) is 9.15. The molecule has 1 saturated carbocycles. The van der Waals surface area contributed by atoms with Crippen molar-refractivity contribution in [2.45, 2.75) is 32.2 Å². The fourth-order valence-corrected chi connectivity index (χ4v) is 3.48. The normalized spacial score (nSPS) is 29.3. The molecular weight excluding hydrogens is 262 g/mol. The SMILES string of the molecule is Cc1cnc(Cl)c(NC(=O)C2NCC3CCCC32)c1. The number of anilines is 1. The van der Waals surface area contributed by atoms with E-state index in [0.29, 0.717) is 22.7 Å². The van der Waals surface area contributed by atoms with Crippen LogP contribution in [-0.2, 0) is 4.79 Å². The summed E-state index contributed by atoms with van der Waals surface area (Å²) in [7, 11) is 0. The summed E-state index contributed by atoms with van der Waals surface area (Å²) in [6, 6.07) is 1.78. The van der Waals surface area contributed by atoms with Crippen LogP contribution in [0, 0.1) is 18.8 Å². The van der Waals surface area contributed by atoms with Gasteiger partial charge in [-0.1, -0.05) is 18.0 Å². The highest BCUT2D eigenvalue weighted by Crippen LogP contribution is 2.38. The molecule has 2 heterocycles. The molecule has 2 aliphatic rings. The Morgan fingerprint density at radius 1 is 1.53 bits per heavy atom. The highest BCUT2D eigenvalue weighted by atomic mass is 35.5. The van der Waals surface area contributed by atoms with Crippen LogP contribution in [0.5, 0.6) is 0 Å². The number of amides is 1. The fraction of sp³-hybridized carbons (Fsp3) is 0.571. The van der Waals surface area contributed by atoms with E-state index in [0.717, 1.165) is 18.5 Å². The van der Waals surface area contributed by atoms with E-state index in [9.17, 15) is 4.79 Å². The zero-order valence-electron chi connectivity index (χ0n) is 10.9. The van der Waals surface area contributed by atoms with Crippen molar-refractivity contribution in [3.05, 3.63) is 23.0 Å². The number of nitrogens with one attached hydrogen (secondary N) is 2. The summed E-state index contributed by atoms with van der Waals surface area (Å²) in [4.78, 5) is 16.4. The Morgan fingerprint density at radius 2 is 2.37 bits per heavy atom. The molecule has 0 radical (unpaired) electrons. The van der Waals surface area contributed by atoms with E-state index >= 15 is 0 Å². The standard InChI is InChI=1S/C14H18ClN3O/c1-8-5-11(13(15)17-6-8)18-14(19)12-10-4-2-3-9(10)7-16-12/h5-6,9-10,12,16H,2-4,7H2,1H3,(H,18,19). The van der Waals surface area contributed by atoms with Crippen molar-refractivity contribution in [1.82, 2.24) is 10.3 Å². The summed E-state index contributed by atoms with van der Waals surface area (Å²) in [6.07, 6.45) is 5.33. The van der Waals surface area contributed by atoms with Crippen LogP contribution >= 0.6 is 11.6 Å². The van der Waals surface area contributed by atoms with E-state index in [1.807, 2.05) is 13.0 Å². The van der Waals surface area contributed by atoms with Crippen molar-refractivity contribution >= 4 is 23.2 Å². The molecule has 3 unspecified atom stereocenters. The molecule has 1 aromatic heterocycles. The molecule has 2 fully saturated rings. The molecule has 5 heteroatoms. The number of rotatable bonds is 2. The lowest BCUT2D eigenvalue weighted by Gasteiger charge is -2.18. The Morgan fingerprint density at radius 3 is 3.21 bits per heavy atom. The molecule has 3 rings (SSSR count). The smallest absolute Gasteiger partial charge is 0.241 e. The third-order valence-corrected chi connectivity index (χ3v) is 4.56. The van der Waals surface area contributed by atoms with Gasteiger partial charge in [-0.3, -0.25) is 4.79 Å². The average Bonchev–Trinajstić information content (AvgIpc) is 2.95. The summed E-state index contributed by atoms with van der Waals surface area (Å²) >= 11 is 6.01. The molecule has 0 spiro atoms. The van der Waals surface area contributed by atoms with Gasteiger partial charge in [-0.05, 0) is 49.8 Å². The van der Waals surface area contributed by atoms with E-state index in [2.05, 4.69) is 15.6 Å². The number of carbonyl (C=O) groups is 1. The highest BCUT2D eigenvalue weighted by molar-refractivity contribution is 6.32. The third-order valence-electron chi connectivity index (χ3n) is 4.26. The monoisotopic (exact) mass is 279 g/mol. The first kappa shape index (κ1) is 12.9. The molecule has 1 aromatic rings. The minimum absolute atomic E-state index is 0.0173. The molecule has 1 aliphatic carbocycles. The van der Waals surface area contributed by atoms with Crippen molar-refractivity contribution < 1.29 is 4.79 Å². The molecule has 3 atom stereocenters. The molecule has 1 amide bonds. The quantitative estimate of drug-likeness (QED) is 0.817. The van der Waals surface area contributed by atoms with E-state index in [4.69, 9.17) is 11.6 Å². The maximum atomic E-state index is 12.4. The first-order valence-corrected chi connectivity index (χ1v) is 7.19. The lowest BCUT2D eigenvalue weighted by atomic mass is 9.93. The van der Waals surface area contributed by atoms with Crippen molar-refractivity contribution in [1.29, 1.82) is 0 Å². The highest BCUT2D eigenvalue weighted by Gasteiger charge is 2.42. The van der Waals surface area contributed by atoms with Gasteiger partial charge in [-0.15, -0.1) is 0 Å². The van der Waals surface area contributed by atoms with Gasteiger partial charge < -0.3 is 10.6 Å². The lowest BCUT2D eigenvalue weighted by Crippen LogP contribution is -2.39. The average molecular weight is 280 g/mol. The number of halogens is 1. The number of pyridine rings is 1. The Labute approximate surface area is 117 Å². The number of carbonyl (C=O) groups excluding carboxylic acids is 1. The number of nitrogens with zero attached hydrogens (tertiary/aromatic N) is 1. The predicted molar refractivity (Wildman–Crippen MR) is 75.2 cm³/mol. The minimum Gasteiger partial charge on any atom is -0.322 e. The van der Waals surface area contributed by atoms with Gasteiger partial charge in [0.2, 0.25) is 5.91 Å². The summed E-state index contributed by atoms with van der Waals surface area (Å²) in [5.74, 6) is 1.17. The molecule has 4 nitrogen and oxygen atoms in total. The van der Waals surface area contributed by atoms with Gasteiger partial charge in [0.1, 0.15) is 0 Å². The fourth-order valence-electron chi connectivity index (χ4n) is 3.33. The number of aryl methyl sites for hydroxylation is 1. The van der Waals surface area contributed by atoms with E-state index in [1.165, 1.54) is 12.8 Å². The second kappa shape index (κ2) is 5.10. The maximum Gasteiger partial charge on any atom is 0.241 e. The van der Waals surface area contributed by atoms with Crippen LogP contribution in [0.4, 0.5) is 5.69 Å². The van der Waals surface area contributed by atoms with Crippen LogP contribution in [0.25, 0.3) is 0 Å². The summed E-state index contributed by atoms with van der Waals surface area (Å²) < 4.78 is 0. The van der Waals surface area contributed by atoms with Crippen LogP contribution in [0.2, 0.25) is 5.15 Å². The number of fused-ring (bicyclic) bond motifs is 1. The summed E-state index contributed by atoms with van der Waals surface area (Å²) in [6.45, 7) is 2.89. The lowest BCUT2D eigenvalue weighted by molar-refractivity contribution is -0.118. The predicted octanol–water partition coefficient (Wildman–Crippen LogP) is 2.37. The molecule has 0 bridgehead atoms. The van der Waals surface area contributed by atoms with Crippen LogP contribution in [0.15, 0.2) is 12.3 Å². The van der Waals surface area contributed by atoms with Crippen LogP contribution in [0.1, 0.15) is 24.8 Å². The van der Waals surface area contributed by atoms with E-state index < -0.39 is 0 Å². The van der Waals surface area contributed by atoms with Crippen LogP contribution < -0.4 is 10.6 Å².